The van der Waals surface area contributed by atoms with E-state index in [2.05, 4.69) is 44.2 Å². The predicted molar refractivity (Wildman–Crippen MR) is 95.9 cm³/mol. The van der Waals surface area contributed by atoms with E-state index in [1.54, 1.807) is 0 Å². The van der Waals surface area contributed by atoms with Crippen LogP contribution in [-0.2, 0) is 0 Å². The van der Waals surface area contributed by atoms with Gasteiger partial charge in [-0.15, -0.1) is 0 Å². The first-order chi connectivity index (χ1) is 10.3. The van der Waals surface area contributed by atoms with Crippen molar-refractivity contribution in [1.29, 1.82) is 0 Å². The van der Waals surface area contributed by atoms with Crippen molar-refractivity contribution >= 4 is 0 Å². The third kappa shape index (κ3) is 9.72. The highest BCUT2D eigenvalue weighted by atomic mass is 14.1. The van der Waals surface area contributed by atoms with Crippen molar-refractivity contribution < 1.29 is 0 Å². The summed E-state index contributed by atoms with van der Waals surface area (Å²) in [6.45, 7) is 4.66. The molecule has 1 aromatic carbocycles. The van der Waals surface area contributed by atoms with E-state index >= 15 is 0 Å². The molecule has 0 aliphatic carbocycles. The fourth-order valence-corrected chi connectivity index (χ4v) is 3.06. The predicted octanol–water partition coefficient (Wildman–Crippen LogP) is 7.49. The fourth-order valence-electron chi connectivity index (χ4n) is 3.06. The standard InChI is InChI=1S/C21H36/c1-3-4-5-6-7-8-9-10-11-12-14-17-20(2)21-18-15-13-16-19-21/h13,15-16,18-20H,3-12,14,17H2,1-2H3. The zero-order chi connectivity index (χ0) is 15.2. The molecule has 0 saturated carbocycles. The largest absolute Gasteiger partial charge is 0.0654 e. The molecule has 0 radical (unpaired) electrons. The minimum atomic E-state index is 0.727. The van der Waals surface area contributed by atoms with Gasteiger partial charge in [0.1, 0.15) is 0 Å². The molecule has 0 saturated heterocycles. The normalized spacial score (nSPS) is 12.5. The van der Waals surface area contributed by atoms with Gasteiger partial charge in [-0.2, -0.15) is 0 Å². The Labute approximate surface area is 133 Å². The van der Waals surface area contributed by atoms with Crippen LogP contribution in [0, 0.1) is 0 Å². The Morgan fingerprint density at radius 1 is 0.667 bits per heavy atom. The van der Waals surface area contributed by atoms with Crippen LogP contribution in [0.4, 0.5) is 0 Å². The van der Waals surface area contributed by atoms with E-state index in [0.29, 0.717) is 0 Å². The summed E-state index contributed by atoms with van der Waals surface area (Å²) in [5.41, 5.74) is 1.50. The van der Waals surface area contributed by atoms with Crippen molar-refractivity contribution in [3.8, 4) is 0 Å². The minimum Gasteiger partial charge on any atom is -0.0654 e. The van der Waals surface area contributed by atoms with Crippen LogP contribution in [0.25, 0.3) is 0 Å². The summed E-state index contributed by atoms with van der Waals surface area (Å²) in [6, 6.07) is 11.0. The summed E-state index contributed by atoms with van der Waals surface area (Å²) in [5, 5.41) is 0. The van der Waals surface area contributed by atoms with Gasteiger partial charge in [-0.05, 0) is 17.9 Å². The first-order valence-corrected chi connectivity index (χ1v) is 9.39. The summed E-state index contributed by atoms with van der Waals surface area (Å²) in [4.78, 5) is 0. The average molecular weight is 289 g/mol. The topological polar surface area (TPSA) is 0 Å². The van der Waals surface area contributed by atoms with Crippen LogP contribution in [0.5, 0.6) is 0 Å². The van der Waals surface area contributed by atoms with E-state index in [-0.39, 0.29) is 0 Å². The van der Waals surface area contributed by atoms with Gasteiger partial charge in [-0.1, -0.05) is 115 Å². The number of hydrogen-bond acceptors (Lipinski definition) is 0. The van der Waals surface area contributed by atoms with E-state index in [1.807, 2.05) is 0 Å². The van der Waals surface area contributed by atoms with Crippen LogP contribution >= 0.6 is 0 Å². The zero-order valence-electron chi connectivity index (χ0n) is 14.4. The van der Waals surface area contributed by atoms with Crippen molar-refractivity contribution in [3.63, 3.8) is 0 Å². The number of hydrogen-bond donors (Lipinski definition) is 0. The van der Waals surface area contributed by atoms with Crippen LogP contribution in [-0.4, -0.2) is 0 Å². The van der Waals surface area contributed by atoms with Gasteiger partial charge in [0.2, 0.25) is 0 Å². The minimum absolute atomic E-state index is 0.727. The summed E-state index contributed by atoms with van der Waals surface area (Å²) in [5.74, 6) is 0.727. The average Bonchev–Trinajstić information content (AvgIpc) is 2.53. The number of rotatable bonds is 13. The van der Waals surface area contributed by atoms with Gasteiger partial charge in [-0.3, -0.25) is 0 Å². The Morgan fingerprint density at radius 3 is 1.67 bits per heavy atom. The molecule has 0 spiro atoms. The molecule has 0 nitrogen and oxygen atoms in total. The maximum absolute atomic E-state index is 2.37. The van der Waals surface area contributed by atoms with E-state index in [0.717, 1.165) is 5.92 Å². The third-order valence-electron chi connectivity index (χ3n) is 4.61. The first kappa shape index (κ1) is 18.3. The number of unbranched alkanes of at least 4 members (excludes halogenated alkanes) is 10. The van der Waals surface area contributed by atoms with Crippen LogP contribution < -0.4 is 0 Å². The van der Waals surface area contributed by atoms with Crippen molar-refractivity contribution in [2.75, 3.05) is 0 Å². The Bertz CT molecular complexity index is 314. The molecule has 0 aromatic heterocycles. The lowest BCUT2D eigenvalue weighted by Crippen LogP contribution is -1.93. The van der Waals surface area contributed by atoms with Crippen LogP contribution in [0.3, 0.4) is 0 Å². The van der Waals surface area contributed by atoms with Crippen molar-refractivity contribution in [2.45, 2.75) is 96.8 Å². The highest BCUT2D eigenvalue weighted by Gasteiger charge is 2.03. The monoisotopic (exact) mass is 288 g/mol. The second-order valence-corrected chi connectivity index (χ2v) is 6.64. The molecule has 0 bridgehead atoms. The molecule has 1 rings (SSSR count). The lowest BCUT2D eigenvalue weighted by molar-refractivity contribution is 0.531. The SMILES string of the molecule is CCCCCCCCCCCCCC(C)c1ccccc1. The fraction of sp³-hybridized carbons (Fsp3) is 0.714. The highest BCUT2D eigenvalue weighted by Crippen LogP contribution is 2.22. The third-order valence-corrected chi connectivity index (χ3v) is 4.61. The summed E-state index contributed by atoms with van der Waals surface area (Å²) in [6.07, 6.45) is 17.2. The van der Waals surface area contributed by atoms with Gasteiger partial charge in [0.25, 0.3) is 0 Å². The second kappa shape index (κ2) is 12.9. The molecule has 1 unspecified atom stereocenters. The highest BCUT2D eigenvalue weighted by molar-refractivity contribution is 5.18. The van der Waals surface area contributed by atoms with Gasteiger partial charge in [0.15, 0.2) is 0 Å². The van der Waals surface area contributed by atoms with Gasteiger partial charge in [0, 0.05) is 0 Å². The molecule has 0 amide bonds. The maximum atomic E-state index is 2.37. The van der Waals surface area contributed by atoms with Crippen LogP contribution in [0.15, 0.2) is 30.3 Å². The molecule has 120 valence electrons. The molecule has 1 atom stereocenters. The Morgan fingerprint density at radius 2 is 1.14 bits per heavy atom. The molecule has 0 fully saturated rings. The van der Waals surface area contributed by atoms with Gasteiger partial charge >= 0.3 is 0 Å². The Hall–Kier alpha value is -0.780. The Kier molecular flexibility index (Phi) is 11.2. The van der Waals surface area contributed by atoms with Crippen molar-refractivity contribution in [3.05, 3.63) is 35.9 Å². The molecule has 0 heterocycles. The van der Waals surface area contributed by atoms with Crippen LogP contribution in [0.1, 0.15) is 102 Å². The van der Waals surface area contributed by atoms with E-state index < -0.39 is 0 Å². The second-order valence-electron chi connectivity index (χ2n) is 6.64. The molecule has 0 aliphatic heterocycles. The summed E-state index contributed by atoms with van der Waals surface area (Å²) in [7, 11) is 0. The molecular weight excluding hydrogens is 252 g/mol. The molecule has 1 aromatic rings. The summed E-state index contributed by atoms with van der Waals surface area (Å²) >= 11 is 0. The van der Waals surface area contributed by atoms with Crippen molar-refractivity contribution in [2.24, 2.45) is 0 Å². The Balaban J connectivity index is 1.86. The van der Waals surface area contributed by atoms with E-state index in [9.17, 15) is 0 Å². The maximum Gasteiger partial charge on any atom is -0.0190 e. The molecule has 21 heavy (non-hydrogen) atoms. The van der Waals surface area contributed by atoms with E-state index in [4.69, 9.17) is 0 Å². The van der Waals surface area contributed by atoms with Gasteiger partial charge < -0.3 is 0 Å². The van der Waals surface area contributed by atoms with Crippen LogP contribution in [0.2, 0.25) is 0 Å². The molecule has 0 heteroatoms. The zero-order valence-corrected chi connectivity index (χ0v) is 14.4. The van der Waals surface area contributed by atoms with Gasteiger partial charge in [0.05, 0.1) is 0 Å². The number of benzene rings is 1. The quantitative estimate of drug-likeness (QED) is 0.330. The molecule has 0 aliphatic rings. The summed E-state index contributed by atoms with van der Waals surface area (Å²) < 4.78 is 0. The molecular formula is C21H36. The lowest BCUT2D eigenvalue weighted by Gasteiger charge is -2.11. The smallest absolute Gasteiger partial charge is 0.0190 e. The lowest BCUT2D eigenvalue weighted by atomic mass is 9.95. The van der Waals surface area contributed by atoms with Gasteiger partial charge in [-0.25, -0.2) is 0 Å². The molecule has 0 N–H and O–H groups in total. The van der Waals surface area contributed by atoms with E-state index in [1.165, 1.54) is 82.6 Å². The van der Waals surface area contributed by atoms with Crippen molar-refractivity contribution in [1.82, 2.24) is 0 Å². The first-order valence-electron chi connectivity index (χ1n) is 9.39.